The van der Waals surface area contributed by atoms with Gasteiger partial charge in [-0.3, -0.25) is 4.79 Å². The summed E-state index contributed by atoms with van der Waals surface area (Å²) >= 11 is 0. The zero-order valence-electron chi connectivity index (χ0n) is 46.4. The highest BCUT2D eigenvalue weighted by Crippen LogP contribution is 2.69. The summed E-state index contributed by atoms with van der Waals surface area (Å²) in [6.45, 7) is 5.06. The smallest absolute Gasteiger partial charge is 0.306 e. The van der Waals surface area contributed by atoms with E-state index in [0.29, 0.717) is 54.7 Å². The van der Waals surface area contributed by atoms with Gasteiger partial charge in [0.15, 0.2) is 16.9 Å². The molecule has 19 heteroatoms. The van der Waals surface area contributed by atoms with E-state index in [2.05, 4.69) is 22.5 Å². The molecule has 1 aromatic carbocycles. The summed E-state index contributed by atoms with van der Waals surface area (Å²) in [5.74, 6) is -2.31. The molecule has 18 atom stereocenters. The van der Waals surface area contributed by atoms with Crippen molar-refractivity contribution in [3.63, 3.8) is 0 Å². The zero-order chi connectivity index (χ0) is 55.7. The van der Waals surface area contributed by atoms with Crippen LogP contribution < -0.4 is 20.1 Å². The van der Waals surface area contributed by atoms with Crippen molar-refractivity contribution >= 4 is 38.5 Å². The minimum absolute atomic E-state index is 0.0299. The second-order valence-corrected chi connectivity index (χ2v) is 27.6. The monoisotopic (exact) mass is 1140 g/mol. The minimum atomic E-state index is -2.52. The lowest BCUT2D eigenvalue weighted by Gasteiger charge is -2.67. The van der Waals surface area contributed by atoms with Gasteiger partial charge in [0.2, 0.25) is 12.0 Å². The number of aromatic amines is 1. The number of ether oxygens (including phenoxy) is 4. The van der Waals surface area contributed by atoms with Crippen LogP contribution in [0.5, 0.6) is 11.5 Å². The second kappa shape index (κ2) is 24.7. The van der Waals surface area contributed by atoms with Gasteiger partial charge < -0.3 is 79.8 Å². The SMILES string of the molecule is CCOC(=O)CCc1cc2ccoc2c2c1OC1OC3(CSSC4(CCC5(CCC(CNC)C5)C4CCC(O)CC(CO)Cc4cc[nH]c4)C(CCC(C)CCCC3O)NCCO2)C2(O)CC3C=CC(O)C(CO)C3C1(O)C2O. The number of carbonyl (C=O) groups is 1. The average molecular weight is 1140 g/mol. The number of furan rings is 1. The van der Waals surface area contributed by atoms with Crippen LogP contribution in [0.15, 0.2) is 53.4 Å². The molecule has 18 unspecified atom stereocenters. The Bertz CT molecular complexity index is 2540. The van der Waals surface area contributed by atoms with Gasteiger partial charge in [-0.1, -0.05) is 53.5 Å². The first-order valence-electron chi connectivity index (χ1n) is 29.6. The van der Waals surface area contributed by atoms with E-state index in [9.17, 15) is 45.6 Å². The number of rotatable bonds is 15. The second-order valence-electron chi connectivity index (χ2n) is 24.9. The average Bonchev–Trinajstić information content (AvgIpc) is 2.41. The lowest BCUT2D eigenvalue weighted by atomic mass is 9.50. The van der Waals surface area contributed by atoms with Gasteiger partial charge in [-0.05, 0) is 175 Å². The quantitative estimate of drug-likeness (QED) is 0.0476. The number of aliphatic hydroxyl groups excluding tert-OH is 6. The Hall–Kier alpha value is -2.89. The first-order valence-corrected chi connectivity index (χ1v) is 31.9. The van der Waals surface area contributed by atoms with Gasteiger partial charge in [-0.2, -0.15) is 0 Å². The number of fused-ring (bicyclic) bond motifs is 11. The molecule has 10 rings (SSSR count). The molecule has 0 radical (unpaired) electrons. The van der Waals surface area contributed by atoms with E-state index < -0.39 is 82.6 Å². The maximum atomic E-state index is 13.8. The molecule has 440 valence electrons. The topological polar surface area (TPSA) is 269 Å². The van der Waals surface area contributed by atoms with Crippen LogP contribution in [0.4, 0.5) is 0 Å². The first-order chi connectivity index (χ1) is 38.1. The number of hydrogen-bond acceptors (Lipinski definition) is 18. The van der Waals surface area contributed by atoms with Crippen molar-refractivity contribution in [2.75, 3.05) is 52.3 Å². The molecular weight excluding hydrogens is 1050 g/mol. The van der Waals surface area contributed by atoms with Crippen LogP contribution in [0.2, 0.25) is 0 Å². The number of esters is 1. The predicted octanol–water partition coefficient (Wildman–Crippen LogP) is 5.96. The highest BCUT2D eigenvalue weighted by molar-refractivity contribution is 8.77. The lowest BCUT2D eigenvalue weighted by Crippen LogP contribution is -2.86. The predicted molar refractivity (Wildman–Crippen MR) is 302 cm³/mol. The number of benzene rings is 1. The molecule has 17 nitrogen and oxygen atoms in total. The molecule has 3 saturated carbocycles. The van der Waals surface area contributed by atoms with E-state index in [-0.39, 0.29) is 92.0 Å². The zero-order valence-corrected chi connectivity index (χ0v) is 48.1. The Morgan fingerprint density at radius 1 is 1.03 bits per heavy atom. The summed E-state index contributed by atoms with van der Waals surface area (Å²) in [6.07, 6.45) is 12.2. The summed E-state index contributed by atoms with van der Waals surface area (Å²) in [5, 5.41) is 107. The van der Waals surface area contributed by atoms with Crippen molar-refractivity contribution in [1.29, 1.82) is 0 Å². The number of carbonyl (C=O) groups excluding carboxylic acids is 1. The number of aliphatic hydroxyl groups is 8. The fourth-order valence-corrected chi connectivity index (χ4v) is 20.6. The van der Waals surface area contributed by atoms with Gasteiger partial charge in [0.05, 0.1) is 31.2 Å². The Morgan fingerprint density at radius 3 is 2.65 bits per heavy atom. The van der Waals surface area contributed by atoms with Gasteiger partial charge >= 0.3 is 5.97 Å². The summed E-state index contributed by atoms with van der Waals surface area (Å²) < 4.78 is 32.5. The number of aromatic nitrogens is 1. The van der Waals surface area contributed by atoms with Gasteiger partial charge in [0.1, 0.15) is 23.9 Å². The van der Waals surface area contributed by atoms with Crippen LogP contribution in [-0.4, -0.2) is 162 Å². The van der Waals surface area contributed by atoms with E-state index in [4.69, 9.17) is 23.4 Å². The largest absolute Gasteiger partial charge is 0.485 e. The summed E-state index contributed by atoms with van der Waals surface area (Å²) in [4.78, 5) is 16.2. The number of H-pyrrole nitrogens is 1. The van der Waals surface area contributed by atoms with Gasteiger partial charge in [0, 0.05) is 72.3 Å². The Balaban J connectivity index is 1.12. The molecule has 3 spiro atoms. The van der Waals surface area contributed by atoms with Crippen LogP contribution in [0.1, 0.15) is 121 Å². The number of nitrogens with one attached hydrogen (secondary N) is 3. The molecular formula is C60H89N3O14S2. The van der Waals surface area contributed by atoms with Crippen LogP contribution in [0, 0.1) is 46.8 Å². The van der Waals surface area contributed by atoms with Crippen LogP contribution >= 0.6 is 21.6 Å². The Morgan fingerprint density at radius 2 is 1.87 bits per heavy atom. The lowest BCUT2D eigenvalue weighted by molar-refractivity contribution is -0.424. The number of allylic oxidation sites excluding steroid dienone is 1. The van der Waals surface area contributed by atoms with Gasteiger partial charge in [-0.15, -0.1) is 0 Å². The van der Waals surface area contributed by atoms with Crippen LogP contribution in [-0.2, 0) is 27.1 Å². The van der Waals surface area contributed by atoms with E-state index >= 15 is 0 Å². The third-order valence-corrected chi connectivity index (χ3v) is 23.7. The summed E-state index contributed by atoms with van der Waals surface area (Å²) in [5.41, 5.74) is -4.93. The van der Waals surface area contributed by atoms with Crippen LogP contribution in [0.3, 0.4) is 0 Å². The minimum Gasteiger partial charge on any atom is -0.485 e. The van der Waals surface area contributed by atoms with E-state index in [1.54, 1.807) is 35.9 Å². The third kappa shape index (κ3) is 11.1. The number of aryl methyl sites for hydroxylation is 1. The Labute approximate surface area is 473 Å². The standard InChI is InChI=1S/C60H89N3O14S2/c1-4-73-49(69)15-10-40-28-41-18-24-74-51(41)53-52(40)76-55-60(72)50-42(9-12-45(67)44(50)34-65)30-58(71,54(60)70)59(77-55)35-78-79-57(47(63-23-25-75-53)14-8-36(2)6-5-7-48(59)68)21-20-56(19-16-38(29-56)31-61-3)46(57)13-11-43(66)27-39(33-64)26-37-17-22-62-32-37/h9,12,17-18,22,24,28,32,36,38-39,42-48,50,54-55,61-68,70-72H,4-8,10-11,13-16,19-21,23,25-27,29-31,33-35H2,1-3H3. The fourth-order valence-electron chi connectivity index (χ4n) is 16.4. The highest BCUT2D eigenvalue weighted by Gasteiger charge is 2.78. The maximum Gasteiger partial charge on any atom is 0.306 e. The summed E-state index contributed by atoms with van der Waals surface area (Å²) in [6, 6.07) is 5.56. The third-order valence-electron chi connectivity index (χ3n) is 20.3. The Kier molecular flexibility index (Phi) is 18.6. The van der Waals surface area contributed by atoms with Crippen molar-refractivity contribution in [3.05, 3.63) is 60.1 Å². The molecule has 5 heterocycles. The van der Waals surface area contributed by atoms with Gasteiger partial charge in [-0.25, -0.2) is 0 Å². The normalized spacial score (nSPS) is 39.5. The van der Waals surface area contributed by atoms with Crippen molar-refractivity contribution < 1.29 is 69.0 Å². The first kappa shape index (κ1) is 59.3. The molecule has 3 aromatic rings. The molecule has 3 aliphatic heterocycles. The van der Waals surface area contributed by atoms with Crippen LogP contribution in [0.25, 0.3) is 11.0 Å². The van der Waals surface area contributed by atoms with E-state index in [1.807, 2.05) is 31.6 Å². The fraction of sp³-hybridized carbons (Fsp3) is 0.750. The highest BCUT2D eigenvalue weighted by atomic mass is 33.1. The van der Waals surface area contributed by atoms with Crippen molar-refractivity contribution in [3.8, 4) is 11.5 Å². The molecule has 5 bridgehead atoms. The molecule has 2 saturated heterocycles. The molecule has 5 fully saturated rings. The molecule has 0 amide bonds. The number of hydrogen-bond donors (Lipinski definition) is 11. The maximum absolute atomic E-state index is 13.8. The van der Waals surface area contributed by atoms with Gasteiger partial charge in [0.25, 0.3) is 0 Å². The van der Waals surface area contributed by atoms with Crippen molar-refractivity contribution in [1.82, 2.24) is 15.6 Å². The molecule has 4 aliphatic carbocycles. The molecule has 2 aromatic heterocycles. The summed E-state index contributed by atoms with van der Waals surface area (Å²) in [7, 11) is 5.32. The van der Waals surface area contributed by atoms with E-state index in [0.717, 1.165) is 69.9 Å². The molecule has 79 heavy (non-hydrogen) atoms. The van der Waals surface area contributed by atoms with Crippen molar-refractivity contribution in [2.24, 2.45) is 46.8 Å². The van der Waals surface area contributed by atoms with Crippen molar-refractivity contribution in [2.45, 2.75) is 181 Å². The molecule has 11 N–H and O–H groups in total. The molecule has 7 aliphatic rings. The van der Waals surface area contributed by atoms with E-state index in [1.165, 1.54) is 17.1 Å².